The summed E-state index contributed by atoms with van der Waals surface area (Å²) in [6, 6.07) is 5.51. The van der Waals surface area contributed by atoms with Crippen LogP contribution >= 0.6 is 0 Å². The van der Waals surface area contributed by atoms with Gasteiger partial charge in [-0.2, -0.15) is 0 Å². The Morgan fingerprint density at radius 3 is 2.53 bits per heavy atom. The van der Waals surface area contributed by atoms with Gasteiger partial charge >= 0.3 is 5.97 Å². The molecular formula is C14H16FNO3. The van der Waals surface area contributed by atoms with Crippen molar-refractivity contribution in [1.82, 2.24) is 5.32 Å². The van der Waals surface area contributed by atoms with E-state index in [2.05, 4.69) is 10.1 Å². The van der Waals surface area contributed by atoms with Gasteiger partial charge in [-0.1, -0.05) is 18.2 Å². The van der Waals surface area contributed by atoms with Gasteiger partial charge in [0.25, 0.3) is 0 Å². The van der Waals surface area contributed by atoms with Crippen molar-refractivity contribution in [3.8, 4) is 0 Å². The molecule has 1 aromatic carbocycles. The predicted octanol–water partition coefficient (Wildman–Crippen LogP) is 1.53. The Labute approximate surface area is 110 Å². The zero-order chi connectivity index (χ0) is 14.0. The fourth-order valence-corrected chi connectivity index (χ4v) is 2.16. The Bertz CT molecular complexity index is 511. The molecule has 102 valence electrons. The fourth-order valence-electron chi connectivity index (χ4n) is 2.16. The first-order valence-electron chi connectivity index (χ1n) is 6.15. The summed E-state index contributed by atoms with van der Waals surface area (Å²) in [5.74, 6) is -1.23. The van der Waals surface area contributed by atoms with Gasteiger partial charge in [0, 0.05) is 5.56 Å². The largest absolute Gasteiger partial charge is 0.467 e. The first kappa shape index (κ1) is 13.5. The summed E-state index contributed by atoms with van der Waals surface area (Å²) in [7, 11) is 1.26. The van der Waals surface area contributed by atoms with Crippen molar-refractivity contribution in [2.75, 3.05) is 7.11 Å². The number of methoxy groups -OCH3 is 1. The molecule has 0 heterocycles. The first-order chi connectivity index (χ1) is 9.01. The third-order valence-corrected chi connectivity index (χ3v) is 3.48. The van der Waals surface area contributed by atoms with E-state index in [1.807, 2.05) is 0 Å². The number of carbonyl (C=O) groups excluding carboxylic acids is 2. The normalized spacial score (nSPS) is 17.4. The van der Waals surface area contributed by atoms with Gasteiger partial charge in [-0.15, -0.1) is 0 Å². The molecule has 0 aromatic heterocycles. The summed E-state index contributed by atoms with van der Waals surface area (Å²) in [6.07, 6.45) is 1.18. The minimum atomic E-state index is -0.826. The number of esters is 1. The van der Waals surface area contributed by atoms with Crippen LogP contribution in [0.3, 0.4) is 0 Å². The second-order valence-electron chi connectivity index (χ2n) is 4.78. The summed E-state index contributed by atoms with van der Waals surface area (Å²) in [6.45, 7) is 1.54. The number of amides is 1. The molecule has 1 aromatic rings. The number of hydrogen-bond acceptors (Lipinski definition) is 3. The van der Waals surface area contributed by atoms with Crippen molar-refractivity contribution in [3.05, 3.63) is 35.6 Å². The second kappa shape index (κ2) is 4.99. The number of nitrogens with one attached hydrogen (secondary N) is 1. The quantitative estimate of drug-likeness (QED) is 0.840. The van der Waals surface area contributed by atoms with Crippen LogP contribution in [0.2, 0.25) is 0 Å². The van der Waals surface area contributed by atoms with Crippen LogP contribution in [0.1, 0.15) is 25.3 Å². The van der Waals surface area contributed by atoms with Crippen LogP contribution in [-0.4, -0.2) is 25.0 Å². The zero-order valence-electron chi connectivity index (χ0n) is 10.9. The van der Waals surface area contributed by atoms with E-state index in [9.17, 15) is 14.0 Å². The zero-order valence-corrected chi connectivity index (χ0v) is 10.9. The molecule has 1 unspecified atom stereocenters. The van der Waals surface area contributed by atoms with Crippen molar-refractivity contribution >= 4 is 11.9 Å². The topological polar surface area (TPSA) is 55.4 Å². The number of benzene rings is 1. The fraction of sp³-hybridized carbons (Fsp3) is 0.429. The number of halogens is 1. The number of ether oxygens (including phenoxy) is 1. The Morgan fingerprint density at radius 2 is 2.00 bits per heavy atom. The van der Waals surface area contributed by atoms with E-state index in [0.717, 1.165) is 0 Å². The lowest BCUT2D eigenvalue weighted by atomic mass is 9.94. The number of carbonyl (C=O) groups is 2. The van der Waals surface area contributed by atoms with Crippen molar-refractivity contribution in [3.63, 3.8) is 0 Å². The van der Waals surface area contributed by atoms with Crippen LogP contribution in [0.4, 0.5) is 4.39 Å². The van der Waals surface area contributed by atoms with Gasteiger partial charge in [0.1, 0.15) is 11.9 Å². The lowest BCUT2D eigenvalue weighted by molar-refractivity contribution is -0.144. The maximum absolute atomic E-state index is 13.8. The highest BCUT2D eigenvalue weighted by atomic mass is 19.1. The van der Waals surface area contributed by atoms with Crippen LogP contribution < -0.4 is 5.32 Å². The van der Waals surface area contributed by atoms with Crippen molar-refractivity contribution < 1.29 is 18.7 Å². The maximum Gasteiger partial charge on any atom is 0.328 e. The highest BCUT2D eigenvalue weighted by molar-refractivity contribution is 5.94. The van der Waals surface area contributed by atoms with Crippen molar-refractivity contribution in [1.29, 1.82) is 0 Å². The molecule has 1 N–H and O–H groups in total. The molecule has 5 heteroatoms. The molecule has 2 rings (SSSR count). The molecule has 1 atom stereocenters. The Hall–Kier alpha value is -1.91. The van der Waals surface area contributed by atoms with E-state index >= 15 is 0 Å². The van der Waals surface area contributed by atoms with Crippen molar-refractivity contribution in [2.24, 2.45) is 0 Å². The highest BCUT2D eigenvalue weighted by Crippen LogP contribution is 2.49. The molecule has 1 fully saturated rings. The number of rotatable bonds is 4. The minimum absolute atomic E-state index is 0.324. The van der Waals surface area contributed by atoms with Gasteiger partial charge in [-0.05, 0) is 25.8 Å². The molecular weight excluding hydrogens is 249 g/mol. The number of hydrogen-bond donors (Lipinski definition) is 1. The molecule has 1 saturated carbocycles. The molecule has 0 radical (unpaired) electrons. The average molecular weight is 265 g/mol. The summed E-state index contributed by atoms with van der Waals surface area (Å²) >= 11 is 0. The molecule has 4 nitrogen and oxygen atoms in total. The van der Waals surface area contributed by atoms with Crippen LogP contribution in [0.25, 0.3) is 0 Å². The minimum Gasteiger partial charge on any atom is -0.467 e. The van der Waals surface area contributed by atoms with Gasteiger partial charge in [0.05, 0.1) is 12.5 Å². The third kappa shape index (κ3) is 2.45. The van der Waals surface area contributed by atoms with Gasteiger partial charge in [0.15, 0.2) is 0 Å². The van der Waals surface area contributed by atoms with E-state index in [0.29, 0.717) is 18.4 Å². The predicted molar refractivity (Wildman–Crippen MR) is 66.9 cm³/mol. The average Bonchev–Trinajstić information content (AvgIpc) is 3.19. The Morgan fingerprint density at radius 1 is 1.37 bits per heavy atom. The summed E-state index contributed by atoms with van der Waals surface area (Å²) < 4.78 is 18.3. The van der Waals surface area contributed by atoms with E-state index in [4.69, 9.17) is 0 Å². The Balaban J connectivity index is 2.15. The molecule has 1 aliphatic rings. The van der Waals surface area contributed by atoms with E-state index in [1.54, 1.807) is 25.1 Å². The van der Waals surface area contributed by atoms with Gasteiger partial charge in [-0.3, -0.25) is 4.79 Å². The molecule has 0 spiro atoms. The van der Waals surface area contributed by atoms with Crippen LogP contribution in [0, 0.1) is 5.82 Å². The third-order valence-electron chi connectivity index (χ3n) is 3.48. The SMILES string of the molecule is COC(=O)C(C)NC(=O)C1(c2ccccc2F)CC1. The van der Waals surface area contributed by atoms with E-state index in [-0.39, 0.29) is 11.7 Å². The van der Waals surface area contributed by atoms with E-state index in [1.165, 1.54) is 13.2 Å². The molecule has 0 bridgehead atoms. The van der Waals surface area contributed by atoms with E-state index < -0.39 is 17.4 Å². The lowest BCUT2D eigenvalue weighted by Gasteiger charge is -2.19. The second-order valence-corrected chi connectivity index (χ2v) is 4.78. The first-order valence-corrected chi connectivity index (χ1v) is 6.15. The lowest BCUT2D eigenvalue weighted by Crippen LogP contribution is -2.44. The molecule has 0 aliphatic heterocycles. The molecule has 1 amide bonds. The van der Waals surface area contributed by atoms with Gasteiger partial charge in [0.2, 0.25) is 5.91 Å². The van der Waals surface area contributed by atoms with Crippen LogP contribution in [0.5, 0.6) is 0 Å². The van der Waals surface area contributed by atoms with Crippen molar-refractivity contribution in [2.45, 2.75) is 31.2 Å². The highest BCUT2D eigenvalue weighted by Gasteiger charge is 2.53. The molecule has 0 saturated heterocycles. The Kier molecular flexibility index (Phi) is 3.55. The van der Waals surface area contributed by atoms with Crippen LogP contribution in [0.15, 0.2) is 24.3 Å². The molecule has 19 heavy (non-hydrogen) atoms. The standard InChI is InChI=1S/C14H16FNO3/c1-9(12(17)19-2)16-13(18)14(7-8-14)10-5-3-4-6-11(10)15/h3-6,9H,7-8H2,1-2H3,(H,16,18). The molecule has 1 aliphatic carbocycles. The smallest absolute Gasteiger partial charge is 0.328 e. The van der Waals surface area contributed by atoms with Gasteiger partial charge < -0.3 is 10.1 Å². The monoisotopic (exact) mass is 265 g/mol. The maximum atomic E-state index is 13.8. The van der Waals surface area contributed by atoms with Gasteiger partial charge in [-0.25, -0.2) is 9.18 Å². The van der Waals surface area contributed by atoms with Crippen LogP contribution in [-0.2, 0) is 19.7 Å². The summed E-state index contributed by atoms with van der Waals surface area (Å²) in [5.41, 5.74) is -0.433. The summed E-state index contributed by atoms with van der Waals surface area (Å²) in [4.78, 5) is 23.5. The summed E-state index contributed by atoms with van der Waals surface area (Å²) in [5, 5.41) is 2.58.